The number of nitrogen functional groups attached to an aromatic ring is 1. The van der Waals surface area contributed by atoms with Gasteiger partial charge in [0, 0.05) is 0 Å². The summed E-state index contributed by atoms with van der Waals surface area (Å²) in [5.74, 6) is -1.23. The van der Waals surface area contributed by atoms with E-state index in [0.29, 0.717) is 5.69 Å². The number of halogens is 2. The smallest absolute Gasteiger partial charge is 0.363 e. The number of rotatable bonds is 3. The number of esters is 1. The van der Waals surface area contributed by atoms with Gasteiger partial charge in [0.25, 0.3) is 0 Å². The van der Waals surface area contributed by atoms with Gasteiger partial charge in [0.2, 0.25) is 5.69 Å². The molecule has 106 valence electrons. The van der Waals surface area contributed by atoms with Gasteiger partial charge >= 0.3 is 5.97 Å². The third-order valence-electron chi connectivity index (χ3n) is 2.39. The van der Waals surface area contributed by atoms with Crippen LogP contribution in [0.5, 0.6) is 0 Å². The lowest BCUT2D eigenvalue weighted by Gasteiger charge is -2.06. The molecule has 1 aromatic heterocycles. The first kappa shape index (κ1) is 14.3. The van der Waals surface area contributed by atoms with Gasteiger partial charge in [-0.2, -0.15) is 4.68 Å². The van der Waals surface area contributed by atoms with Crippen LogP contribution in [0.15, 0.2) is 18.2 Å². The maximum atomic E-state index is 13.1. The van der Waals surface area contributed by atoms with Gasteiger partial charge in [0.05, 0.1) is 16.8 Å². The van der Waals surface area contributed by atoms with Crippen molar-refractivity contribution >= 4 is 23.4 Å². The summed E-state index contributed by atoms with van der Waals surface area (Å²) in [6.45, 7) is 3.41. The monoisotopic (exact) mass is 298 g/mol. The molecule has 0 aliphatic carbocycles. The fourth-order valence-corrected chi connectivity index (χ4v) is 1.69. The van der Waals surface area contributed by atoms with Crippen LogP contribution in [0.3, 0.4) is 0 Å². The molecule has 2 aromatic rings. The molecule has 0 saturated carbocycles. The highest BCUT2D eigenvalue weighted by atomic mass is 35.5. The van der Waals surface area contributed by atoms with Gasteiger partial charge in [-0.25, -0.2) is 9.18 Å². The molecular weight excluding hydrogens is 287 g/mol. The van der Waals surface area contributed by atoms with E-state index in [-0.39, 0.29) is 22.6 Å². The Labute approximate surface area is 119 Å². The van der Waals surface area contributed by atoms with Gasteiger partial charge < -0.3 is 10.5 Å². The van der Waals surface area contributed by atoms with Gasteiger partial charge in [0.1, 0.15) is 5.82 Å². The molecule has 0 radical (unpaired) electrons. The molecule has 2 N–H and O–H groups in total. The predicted molar refractivity (Wildman–Crippen MR) is 71.3 cm³/mol. The second kappa shape index (κ2) is 5.46. The minimum atomic E-state index is -0.669. The number of benzene rings is 1. The van der Waals surface area contributed by atoms with Crippen LogP contribution in [-0.2, 0) is 4.74 Å². The first-order valence-corrected chi connectivity index (χ1v) is 6.15. The largest absolute Gasteiger partial charge is 0.458 e. The van der Waals surface area contributed by atoms with Crippen molar-refractivity contribution in [2.45, 2.75) is 20.0 Å². The van der Waals surface area contributed by atoms with E-state index < -0.39 is 11.8 Å². The van der Waals surface area contributed by atoms with E-state index in [2.05, 4.69) is 10.3 Å². The first-order valence-electron chi connectivity index (χ1n) is 5.77. The molecule has 0 aliphatic heterocycles. The molecule has 6 nitrogen and oxygen atoms in total. The molecule has 0 amide bonds. The van der Waals surface area contributed by atoms with Gasteiger partial charge in [-0.15, -0.1) is 5.10 Å². The zero-order valence-electron chi connectivity index (χ0n) is 10.8. The van der Waals surface area contributed by atoms with Gasteiger partial charge in [-0.05, 0) is 32.0 Å². The van der Waals surface area contributed by atoms with E-state index >= 15 is 0 Å². The van der Waals surface area contributed by atoms with Crippen molar-refractivity contribution in [2.75, 3.05) is 5.73 Å². The normalized spacial score (nSPS) is 10.8. The summed E-state index contributed by atoms with van der Waals surface area (Å²) in [4.78, 5) is 11.7. The number of carbonyl (C=O) groups is 1. The maximum Gasteiger partial charge on any atom is 0.363 e. The highest BCUT2D eigenvalue weighted by Crippen LogP contribution is 2.21. The van der Waals surface area contributed by atoms with E-state index in [1.54, 1.807) is 13.8 Å². The molecule has 0 saturated heterocycles. The molecular formula is C12H12ClFN4O2. The quantitative estimate of drug-likeness (QED) is 0.878. The van der Waals surface area contributed by atoms with Crippen LogP contribution in [0, 0.1) is 5.82 Å². The van der Waals surface area contributed by atoms with Crippen LogP contribution in [0.4, 0.5) is 10.2 Å². The molecule has 0 fully saturated rings. The number of nitrogens with zero attached hydrogens (tertiary/aromatic N) is 3. The highest BCUT2D eigenvalue weighted by molar-refractivity contribution is 6.30. The zero-order chi connectivity index (χ0) is 14.9. The Morgan fingerprint density at radius 3 is 2.80 bits per heavy atom. The average molecular weight is 299 g/mol. The second-order valence-electron chi connectivity index (χ2n) is 4.29. The Balaban J connectivity index is 2.37. The van der Waals surface area contributed by atoms with E-state index in [1.807, 2.05) is 0 Å². The third-order valence-corrected chi connectivity index (χ3v) is 2.68. The zero-order valence-corrected chi connectivity index (χ0v) is 11.6. The fraction of sp³-hybridized carbons (Fsp3) is 0.250. The van der Waals surface area contributed by atoms with Gasteiger partial charge in [0.15, 0.2) is 5.82 Å². The lowest BCUT2D eigenvalue weighted by Crippen LogP contribution is -2.14. The molecule has 2 rings (SSSR count). The highest BCUT2D eigenvalue weighted by Gasteiger charge is 2.21. The summed E-state index contributed by atoms with van der Waals surface area (Å²) in [7, 11) is 0. The number of nitrogens with two attached hydrogens (primary N) is 1. The van der Waals surface area contributed by atoms with Crippen molar-refractivity contribution in [3.05, 3.63) is 34.7 Å². The Bertz CT molecular complexity index is 657. The molecule has 20 heavy (non-hydrogen) atoms. The summed E-state index contributed by atoms with van der Waals surface area (Å²) >= 11 is 5.69. The molecule has 1 aromatic carbocycles. The molecule has 0 aliphatic rings. The average Bonchev–Trinajstić information content (AvgIpc) is 2.74. The number of hydrogen-bond donors (Lipinski definition) is 1. The van der Waals surface area contributed by atoms with Crippen LogP contribution in [-0.4, -0.2) is 27.1 Å². The minimum absolute atomic E-state index is 0.00155. The Morgan fingerprint density at radius 1 is 1.50 bits per heavy atom. The molecule has 0 spiro atoms. The number of anilines is 1. The molecule has 0 atom stereocenters. The number of hydrogen-bond acceptors (Lipinski definition) is 5. The molecule has 0 bridgehead atoms. The second-order valence-corrected chi connectivity index (χ2v) is 4.69. The van der Waals surface area contributed by atoms with E-state index in [1.165, 1.54) is 22.9 Å². The van der Waals surface area contributed by atoms with Crippen LogP contribution in [0.25, 0.3) is 5.69 Å². The van der Waals surface area contributed by atoms with Crippen LogP contribution in [0.2, 0.25) is 5.02 Å². The van der Waals surface area contributed by atoms with Gasteiger partial charge in [-0.3, -0.25) is 0 Å². The molecule has 0 unspecified atom stereocenters. The lowest BCUT2D eigenvalue weighted by molar-refractivity contribution is 0.0372. The number of aromatic nitrogens is 3. The van der Waals surface area contributed by atoms with E-state index in [0.717, 1.165) is 0 Å². The van der Waals surface area contributed by atoms with Crippen LogP contribution >= 0.6 is 11.6 Å². The van der Waals surface area contributed by atoms with E-state index in [4.69, 9.17) is 22.1 Å². The topological polar surface area (TPSA) is 83.0 Å². The predicted octanol–water partition coefficient (Wildman–Crippen LogP) is 2.21. The number of carbonyl (C=O) groups excluding carboxylic acids is 1. The molecule has 8 heteroatoms. The van der Waals surface area contributed by atoms with Crippen molar-refractivity contribution < 1.29 is 13.9 Å². The summed E-state index contributed by atoms with van der Waals surface area (Å²) in [6.07, 6.45) is -0.299. The summed E-state index contributed by atoms with van der Waals surface area (Å²) < 4.78 is 19.3. The summed E-state index contributed by atoms with van der Waals surface area (Å²) in [6, 6.07) is 3.92. The number of ether oxygens (including phenoxy) is 1. The van der Waals surface area contributed by atoms with Crippen LogP contribution in [0.1, 0.15) is 24.3 Å². The lowest BCUT2D eigenvalue weighted by atomic mass is 10.3. The maximum absolute atomic E-state index is 13.1. The first-order chi connectivity index (χ1) is 9.40. The van der Waals surface area contributed by atoms with Crippen molar-refractivity contribution in [2.24, 2.45) is 0 Å². The molecule has 1 heterocycles. The minimum Gasteiger partial charge on any atom is -0.458 e. The van der Waals surface area contributed by atoms with Crippen molar-refractivity contribution in [3.63, 3.8) is 0 Å². The van der Waals surface area contributed by atoms with Crippen molar-refractivity contribution in [3.8, 4) is 5.69 Å². The Hall–Kier alpha value is -2.15. The van der Waals surface area contributed by atoms with Gasteiger partial charge in [-0.1, -0.05) is 16.8 Å². The SMILES string of the molecule is CC(C)OC(=O)c1nnn(-c2ccc(F)c(Cl)c2)c1N. The third kappa shape index (κ3) is 2.72. The standard InChI is InChI=1S/C12H12ClFN4O2/c1-6(2)20-12(19)10-11(15)18(17-16-10)7-3-4-9(14)8(13)5-7/h3-6H,15H2,1-2H3. The summed E-state index contributed by atoms with van der Waals surface area (Å²) in [5.41, 5.74) is 6.10. The van der Waals surface area contributed by atoms with Crippen molar-refractivity contribution in [1.82, 2.24) is 15.0 Å². The van der Waals surface area contributed by atoms with Crippen LogP contribution < -0.4 is 5.73 Å². The summed E-state index contributed by atoms with van der Waals surface area (Å²) in [5, 5.41) is 7.34. The Kier molecular flexibility index (Phi) is 3.89. The Morgan fingerprint density at radius 2 is 2.20 bits per heavy atom. The van der Waals surface area contributed by atoms with E-state index in [9.17, 15) is 9.18 Å². The fourth-order valence-electron chi connectivity index (χ4n) is 1.51. The van der Waals surface area contributed by atoms with Crippen molar-refractivity contribution in [1.29, 1.82) is 0 Å².